The van der Waals surface area contributed by atoms with Gasteiger partial charge in [0.1, 0.15) is 23.0 Å². The summed E-state index contributed by atoms with van der Waals surface area (Å²) in [6, 6.07) is 26.6. The molecule has 33 heavy (non-hydrogen) atoms. The first-order valence-electron chi connectivity index (χ1n) is 9.92. The number of ether oxygens (including phenoxy) is 2. The summed E-state index contributed by atoms with van der Waals surface area (Å²) in [5.41, 5.74) is 6.42. The van der Waals surface area contributed by atoms with Crippen molar-refractivity contribution in [2.24, 2.45) is 11.7 Å². The first-order chi connectivity index (χ1) is 16.0. The minimum atomic E-state index is -3.82. The molecule has 0 heterocycles. The Morgan fingerprint density at radius 1 is 0.545 bits per heavy atom. The molecule has 0 aliphatic rings. The number of rotatable bonds is 8. The van der Waals surface area contributed by atoms with Gasteiger partial charge in [0.15, 0.2) is 0 Å². The molecule has 0 bridgehead atoms. The van der Waals surface area contributed by atoms with Gasteiger partial charge < -0.3 is 20.3 Å². The van der Waals surface area contributed by atoms with Gasteiger partial charge in [-0.25, -0.2) is 8.42 Å². The molecule has 0 saturated carbocycles. The number of nitrogens with two attached hydrogens (primary N) is 2. The van der Waals surface area contributed by atoms with E-state index in [9.17, 15) is 8.42 Å². The average molecular weight is 463 g/mol. The number of benzene rings is 4. The fourth-order valence-electron chi connectivity index (χ4n) is 3.12. The van der Waals surface area contributed by atoms with Crippen molar-refractivity contribution >= 4 is 21.2 Å². The van der Waals surface area contributed by atoms with Crippen molar-refractivity contribution < 1.29 is 17.9 Å². The lowest BCUT2D eigenvalue weighted by atomic mass is 10.3. The maximum atomic E-state index is 13.3. The lowest BCUT2D eigenvalue weighted by Crippen LogP contribution is -2.06. The van der Waals surface area contributed by atoms with E-state index in [4.69, 9.17) is 21.2 Å². The first kappa shape index (κ1) is 22.2. The molecule has 168 valence electrons. The van der Waals surface area contributed by atoms with Crippen LogP contribution in [0.3, 0.4) is 0 Å². The second-order valence-electron chi connectivity index (χ2n) is 7.00. The van der Waals surface area contributed by atoms with Crippen LogP contribution >= 0.6 is 0 Å². The summed E-state index contributed by atoms with van der Waals surface area (Å²) < 4.78 is 38.2. The third-order valence-corrected chi connectivity index (χ3v) is 6.45. The summed E-state index contributed by atoms with van der Waals surface area (Å²) in [5, 5.41) is 0. The molecular weight excluding hydrogens is 440 g/mol. The van der Waals surface area contributed by atoms with Gasteiger partial charge in [-0.15, -0.1) is 0 Å². The Morgan fingerprint density at radius 3 is 1.30 bits per heavy atom. The maximum absolute atomic E-state index is 13.3. The van der Waals surface area contributed by atoms with Crippen LogP contribution in [0.1, 0.15) is 0 Å². The van der Waals surface area contributed by atoms with Crippen molar-refractivity contribution in [2.75, 3.05) is 10.9 Å². The monoisotopic (exact) mass is 462 g/mol. The van der Waals surface area contributed by atoms with E-state index in [0.29, 0.717) is 34.4 Å². The van der Waals surface area contributed by atoms with Crippen LogP contribution in [0.15, 0.2) is 107 Å². The minimum absolute atomic E-state index is 0.0968. The molecule has 0 atom stereocenters. The van der Waals surface area contributed by atoms with E-state index in [1.807, 2.05) is 0 Å². The van der Waals surface area contributed by atoms with Crippen LogP contribution in [-0.2, 0) is 9.84 Å². The highest BCUT2D eigenvalue weighted by atomic mass is 32.2. The van der Waals surface area contributed by atoms with Crippen LogP contribution in [0.4, 0.5) is 11.4 Å². The normalized spacial score (nSPS) is 11.0. The fraction of sp³-hybridized carbons (Fsp3) is 0. The summed E-state index contributed by atoms with van der Waals surface area (Å²) in [7, 11) is -3.82. The Kier molecular flexibility index (Phi) is 6.45. The highest BCUT2D eigenvalue weighted by molar-refractivity contribution is 7.91. The molecule has 4 aromatic carbocycles. The summed E-state index contributed by atoms with van der Waals surface area (Å²) in [6.07, 6.45) is 0. The van der Waals surface area contributed by atoms with Crippen LogP contribution in [0.25, 0.3) is 0 Å². The predicted molar refractivity (Wildman–Crippen MR) is 127 cm³/mol. The van der Waals surface area contributed by atoms with Crippen LogP contribution in [0, 0.1) is 0 Å². The fourth-order valence-corrected chi connectivity index (χ4v) is 4.45. The topological polar surface area (TPSA) is 129 Å². The zero-order chi connectivity index (χ0) is 23.3. The predicted octanol–water partition coefficient (Wildman–Crippen LogP) is 4.68. The number of sulfone groups is 1. The van der Waals surface area contributed by atoms with Crippen LogP contribution in [0.5, 0.6) is 23.0 Å². The first-order valence-corrected chi connectivity index (χ1v) is 11.4. The minimum Gasteiger partial charge on any atom is -0.457 e. The van der Waals surface area contributed by atoms with Crippen LogP contribution in [0.2, 0.25) is 0 Å². The van der Waals surface area contributed by atoms with E-state index in [1.165, 1.54) is 24.3 Å². The van der Waals surface area contributed by atoms with Crippen molar-refractivity contribution in [3.8, 4) is 23.0 Å². The maximum Gasteiger partial charge on any atom is 0.206 e. The molecule has 0 aliphatic carbocycles. The molecule has 6 N–H and O–H groups in total. The van der Waals surface area contributed by atoms with Gasteiger partial charge in [-0.1, -0.05) is 24.3 Å². The van der Waals surface area contributed by atoms with Crippen LogP contribution in [-0.4, -0.2) is 8.42 Å². The van der Waals surface area contributed by atoms with E-state index >= 15 is 0 Å². The molecule has 0 aliphatic heterocycles. The number of nitrogens with one attached hydrogen (secondary N) is 2. The molecular formula is C24H22N4O4S. The smallest absolute Gasteiger partial charge is 0.206 e. The molecule has 9 heteroatoms. The summed E-state index contributed by atoms with van der Waals surface area (Å²) >= 11 is 0. The van der Waals surface area contributed by atoms with E-state index in [0.717, 1.165) is 0 Å². The summed E-state index contributed by atoms with van der Waals surface area (Å²) in [6.45, 7) is 0. The van der Waals surface area contributed by atoms with Crippen molar-refractivity contribution in [3.05, 3.63) is 97.1 Å². The van der Waals surface area contributed by atoms with Gasteiger partial charge in [-0.3, -0.25) is 11.7 Å². The molecule has 0 amide bonds. The molecule has 8 nitrogen and oxygen atoms in total. The SMILES string of the molecule is NNc1cccc(Oc2cccc(S(=O)(=O)c3cccc(Oc4cccc(NN)c4)c3)c2)c1. The van der Waals surface area contributed by atoms with Gasteiger partial charge >= 0.3 is 0 Å². The lowest BCUT2D eigenvalue weighted by Gasteiger charge is -2.11. The molecule has 0 spiro atoms. The summed E-state index contributed by atoms with van der Waals surface area (Å²) in [5.74, 6) is 12.7. The van der Waals surface area contributed by atoms with Gasteiger partial charge in [0, 0.05) is 12.1 Å². The van der Waals surface area contributed by atoms with Gasteiger partial charge in [0.25, 0.3) is 0 Å². The zero-order valence-electron chi connectivity index (χ0n) is 17.4. The molecule has 0 aromatic heterocycles. The molecule has 4 aromatic rings. The van der Waals surface area contributed by atoms with Crippen molar-refractivity contribution in [1.29, 1.82) is 0 Å². The second-order valence-corrected chi connectivity index (χ2v) is 8.95. The van der Waals surface area contributed by atoms with Gasteiger partial charge in [-0.05, 0) is 60.7 Å². The van der Waals surface area contributed by atoms with E-state index < -0.39 is 9.84 Å². The van der Waals surface area contributed by atoms with Gasteiger partial charge in [0.05, 0.1) is 21.2 Å². The zero-order valence-corrected chi connectivity index (χ0v) is 18.3. The standard InChI is InChI=1S/C24H22N4O4S/c25-27-17-5-1-7-19(13-17)31-21-9-3-11-23(15-21)33(29,30)24-12-4-10-22(16-24)32-20-8-2-6-18(14-20)28-26/h1-16,27-28H,25-26H2. The number of hydrazine groups is 2. The van der Waals surface area contributed by atoms with E-state index in [-0.39, 0.29) is 9.79 Å². The van der Waals surface area contributed by atoms with E-state index in [1.54, 1.807) is 72.8 Å². The number of anilines is 2. The number of hydrogen-bond acceptors (Lipinski definition) is 8. The Hall–Kier alpha value is -4.05. The number of nitrogen functional groups attached to an aromatic ring is 2. The average Bonchev–Trinajstić information content (AvgIpc) is 2.84. The Morgan fingerprint density at radius 2 is 0.909 bits per heavy atom. The van der Waals surface area contributed by atoms with Gasteiger partial charge in [-0.2, -0.15) is 0 Å². The molecule has 0 unspecified atom stereocenters. The third kappa shape index (κ3) is 5.24. The van der Waals surface area contributed by atoms with Crippen molar-refractivity contribution in [1.82, 2.24) is 0 Å². The number of hydrogen-bond donors (Lipinski definition) is 4. The largest absolute Gasteiger partial charge is 0.457 e. The summed E-state index contributed by atoms with van der Waals surface area (Å²) in [4.78, 5) is 0.194. The van der Waals surface area contributed by atoms with Crippen molar-refractivity contribution in [2.45, 2.75) is 9.79 Å². The highest BCUT2D eigenvalue weighted by Gasteiger charge is 2.19. The molecule has 0 saturated heterocycles. The lowest BCUT2D eigenvalue weighted by molar-refractivity contribution is 0.480. The van der Waals surface area contributed by atoms with E-state index in [2.05, 4.69) is 10.9 Å². The second kappa shape index (κ2) is 9.61. The van der Waals surface area contributed by atoms with Crippen LogP contribution < -0.4 is 32.0 Å². The third-order valence-electron chi connectivity index (χ3n) is 4.70. The molecule has 0 fully saturated rings. The van der Waals surface area contributed by atoms with Crippen molar-refractivity contribution in [3.63, 3.8) is 0 Å². The highest BCUT2D eigenvalue weighted by Crippen LogP contribution is 2.31. The Balaban J connectivity index is 1.59. The Labute approximate surface area is 191 Å². The Bertz CT molecular complexity index is 1280. The van der Waals surface area contributed by atoms with Gasteiger partial charge in [0.2, 0.25) is 9.84 Å². The molecule has 0 radical (unpaired) electrons. The molecule has 4 rings (SSSR count). The quantitative estimate of drug-likeness (QED) is 0.220.